The van der Waals surface area contributed by atoms with E-state index in [-0.39, 0.29) is 6.10 Å². The third-order valence-electron chi connectivity index (χ3n) is 4.00. The Morgan fingerprint density at radius 1 is 1.12 bits per heavy atom. The first-order chi connectivity index (χ1) is 8.27. The quantitative estimate of drug-likeness (QED) is 0.667. The Kier molecular flexibility index (Phi) is 7.82. The molecule has 1 atom stereocenters. The van der Waals surface area contributed by atoms with E-state index >= 15 is 0 Å². The monoisotopic (exact) mass is 244 g/mol. The molecular weight excluding hydrogens is 216 g/mol. The highest BCUT2D eigenvalue weighted by molar-refractivity contribution is 4.76. The van der Waals surface area contributed by atoms with Crippen molar-refractivity contribution >= 4 is 0 Å². The lowest BCUT2D eigenvalue weighted by molar-refractivity contribution is 0.0196. The molecule has 1 aliphatic rings. The summed E-state index contributed by atoms with van der Waals surface area (Å²) in [6.45, 7) is 4.19. The molecule has 0 bridgehead atoms. The Morgan fingerprint density at radius 2 is 1.82 bits per heavy atom. The van der Waals surface area contributed by atoms with Crippen LogP contribution in [-0.4, -0.2) is 38.1 Å². The molecule has 0 aliphatic heterocycles. The Morgan fingerprint density at radius 3 is 2.41 bits per heavy atom. The topological polar surface area (TPSA) is 38.7 Å². The van der Waals surface area contributed by atoms with Gasteiger partial charge in [0.2, 0.25) is 0 Å². The highest BCUT2D eigenvalue weighted by Gasteiger charge is 2.25. The van der Waals surface area contributed by atoms with E-state index in [2.05, 4.69) is 6.92 Å². The third kappa shape index (κ3) is 5.84. The molecule has 1 rings (SSSR count). The third-order valence-corrected chi connectivity index (χ3v) is 4.00. The van der Waals surface area contributed by atoms with Gasteiger partial charge in [0.25, 0.3) is 0 Å². The lowest BCUT2D eigenvalue weighted by Crippen LogP contribution is -2.27. The van der Waals surface area contributed by atoms with E-state index in [1.165, 1.54) is 32.1 Å². The van der Waals surface area contributed by atoms with Crippen molar-refractivity contribution in [3.63, 3.8) is 0 Å². The molecule has 1 N–H and O–H groups in total. The fourth-order valence-electron chi connectivity index (χ4n) is 2.67. The van der Waals surface area contributed by atoms with Crippen molar-refractivity contribution in [2.45, 2.75) is 51.6 Å². The van der Waals surface area contributed by atoms with Gasteiger partial charge in [0, 0.05) is 13.7 Å². The molecule has 0 aromatic heterocycles. The van der Waals surface area contributed by atoms with Crippen LogP contribution in [0.2, 0.25) is 0 Å². The summed E-state index contributed by atoms with van der Waals surface area (Å²) in [6.07, 6.45) is 6.87. The first-order valence-corrected chi connectivity index (χ1v) is 7.02. The van der Waals surface area contributed by atoms with E-state index in [9.17, 15) is 5.11 Å². The van der Waals surface area contributed by atoms with Gasteiger partial charge in [0.15, 0.2) is 0 Å². The van der Waals surface area contributed by atoms with E-state index in [1.54, 1.807) is 7.11 Å². The van der Waals surface area contributed by atoms with Crippen LogP contribution in [-0.2, 0) is 9.47 Å². The summed E-state index contributed by atoms with van der Waals surface area (Å²) in [4.78, 5) is 0. The highest BCUT2D eigenvalue weighted by atomic mass is 16.5. The maximum absolute atomic E-state index is 10.1. The van der Waals surface area contributed by atoms with Gasteiger partial charge in [0.1, 0.15) is 0 Å². The Bertz CT molecular complexity index is 176. The van der Waals surface area contributed by atoms with Crippen molar-refractivity contribution in [3.8, 4) is 0 Å². The maximum Gasteiger partial charge on any atom is 0.0700 e. The standard InChI is InChI=1S/C14H28O3/c1-3-12-4-6-13(7-5-12)14(15)8-9-17-11-10-16-2/h12-15H,3-11H2,1-2H3. The van der Waals surface area contributed by atoms with Crippen LogP contribution in [0.4, 0.5) is 0 Å². The van der Waals surface area contributed by atoms with Gasteiger partial charge in [-0.05, 0) is 31.1 Å². The fourth-order valence-corrected chi connectivity index (χ4v) is 2.67. The molecule has 1 saturated carbocycles. The number of rotatable bonds is 8. The van der Waals surface area contributed by atoms with Gasteiger partial charge in [-0.25, -0.2) is 0 Å². The number of aliphatic hydroxyl groups excluding tert-OH is 1. The zero-order valence-electron chi connectivity index (χ0n) is 11.4. The summed E-state index contributed by atoms with van der Waals surface area (Å²) in [5.41, 5.74) is 0. The molecule has 0 heterocycles. The van der Waals surface area contributed by atoms with E-state index < -0.39 is 0 Å². The summed E-state index contributed by atoms with van der Waals surface area (Å²) >= 11 is 0. The fraction of sp³-hybridized carbons (Fsp3) is 1.00. The van der Waals surface area contributed by atoms with Crippen LogP contribution in [0.5, 0.6) is 0 Å². The van der Waals surface area contributed by atoms with Gasteiger partial charge >= 0.3 is 0 Å². The van der Waals surface area contributed by atoms with Crippen molar-refractivity contribution < 1.29 is 14.6 Å². The Hall–Kier alpha value is -0.120. The van der Waals surface area contributed by atoms with Crippen LogP contribution in [0, 0.1) is 11.8 Å². The predicted octanol–water partition coefficient (Wildman–Crippen LogP) is 2.62. The number of hydrogen-bond acceptors (Lipinski definition) is 3. The molecule has 0 amide bonds. The molecule has 3 nitrogen and oxygen atoms in total. The number of ether oxygens (including phenoxy) is 2. The van der Waals surface area contributed by atoms with Crippen molar-refractivity contribution in [3.05, 3.63) is 0 Å². The van der Waals surface area contributed by atoms with Gasteiger partial charge in [0.05, 0.1) is 19.3 Å². The van der Waals surface area contributed by atoms with E-state index in [0.717, 1.165) is 12.3 Å². The van der Waals surface area contributed by atoms with Gasteiger partial charge < -0.3 is 14.6 Å². The normalized spacial score (nSPS) is 27.0. The second kappa shape index (κ2) is 8.90. The lowest BCUT2D eigenvalue weighted by Gasteiger charge is -2.31. The number of aliphatic hydroxyl groups is 1. The maximum atomic E-state index is 10.1. The van der Waals surface area contributed by atoms with Crippen molar-refractivity contribution in [2.75, 3.05) is 26.9 Å². The van der Waals surface area contributed by atoms with Crippen molar-refractivity contribution in [1.29, 1.82) is 0 Å². The van der Waals surface area contributed by atoms with E-state index in [4.69, 9.17) is 9.47 Å². The average molecular weight is 244 g/mol. The predicted molar refractivity (Wildman–Crippen MR) is 69.1 cm³/mol. The van der Waals surface area contributed by atoms with Crippen LogP contribution in [0.3, 0.4) is 0 Å². The molecule has 1 fully saturated rings. The van der Waals surface area contributed by atoms with Crippen LogP contribution in [0.15, 0.2) is 0 Å². The average Bonchev–Trinajstić information content (AvgIpc) is 2.38. The van der Waals surface area contributed by atoms with Crippen LogP contribution >= 0.6 is 0 Å². The van der Waals surface area contributed by atoms with Gasteiger partial charge in [-0.15, -0.1) is 0 Å². The van der Waals surface area contributed by atoms with E-state index in [0.29, 0.717) is 25.7 Å². The molecular formula is C14H28O3. The van der Waals surface area contributed by atoms with Crippen LogP contribution in [0.25, 0.3) is 0 Å². The minimum Gasteiger partial charge on any atom is -0.393 e. The molecule has 0 spiro atoms. The van der Waals surface area contributed by atoms with Gasteiger partial charge in [-0.1, -0.05) is 26.2 Å². The smallest absolute Gasteiger partial charge is 0.0700 e. The van der Waals surface area contributed by atoms with Gasteiger partial charge in [-0.3, -0.25) is 0 Å². The summed E-state index contributed by atoms with van der Waals surface area (Å²) in [6, 6.07) is 0. The van der Waals surface area contributed by atoms with Crippen LogP contribution in [0.1, 0.15) is 45.4 Å². The molecule has 17 heavy (non-hydrogen) atoms. The minimum atomic E-state index is -0.171. The first kappa shape index (κ1) is 14.9. The zero-order chi connectivity index (χ0) is 12.5. The van der Waals surface area contributed by atoms with E-state index in [1.807, 2.05) is 0 Å². The van der Waals surface area contributed by atoms with Crippen molar-refractivity contribution in [1.82, 2.24) is 0 Å². The molecule has 0 aromatic rings. The minimum absolute atomic E-state index is 0.171. The largest absolute Gasteiger partial charge is 0.393 e. The summed E-state index contributed by atoms with van der Waals surface area (Å²) in [5.74, 6) is 1.40. The molecule has 102 valence electrons. The summed E-state index contributed by atoms with van der Waals surface area (Å²) in [5, 5.41) is 10.1. The van der Waals surface area contributed by atoms with Crippen LogP contribution < -0.4 is 0 Å². The van der Waals surface area contributed by atoms with Crippen molar-refractivity contribution in [2.24, 2.45) is 11.8 Å². The molecule has 3 heteroatoms. The number of methoxy groups -OCH3 is 1. The molecule has 0 saturated heterocycles. The second-order valence-corrected chi connectivity index (χ2v) is 5.15. The molecule has 0 radical (unpaired) electrons. The summed E-state index contributed by atoms with van der Waals surface area (Å²) in [7, 11) is 1.67. The highest BCUT2D eigenvalue weighted by Crippen LogP contribution is 2.33. The molecule has 1 aliphatic carbocycles. The molecule has 0 aromatic carbocycles. The SMILES string of the molecule is CCC1CCC(C(O)CCOCCOC)CC1. The zero-order valence-corrected chi connectivity index (χ0v) is 11.4. The lowest BCUT2D eigenvalue weighted by atomic mass is 9.78. The summed E-state index contributed by atoms with van der Waals surface area (Å²) < 4.78 is 10.3. The number of hydrogen-bond donors (Lipinski definition) is 1. The van der Waals surface area contributed by atoms with Gasteiger partial charge in [-0.2, -0.15) is 0 Å². The molecule has 1 unspecified atom stereocenters. The Balaban J connectivity index is 2.05. The first-order valence-electron chi connectivity index (χ1n) is 7.02. The Labute approximate surface area is 105 Å². The second-order valence-electron chi connectivity index (χ2n) is 5.15.